The molecule has 3 rings (SSSR count). The van der Waals surface area contributed by atoms with E-state index in [0.717, 1.165) is 17.4 Å². The van der Waals surface area contributed by atoms with Crippen LogP contribution in [0.4, 0.5) is 0 Å². The summed E-state index contributed by atoms with van der Waals surface area (Å²) in [5, 5.41) is 0.778. The second-order valence-corrected chi connectivity index (χ2v) is 9.65. The molecule has 0 aromatic carbocycles. The number of carbonyl (C=O) groups is 1. The van der Waals surface area contributed by atoms with Gasteiger partial charge in [-0.2, -0.15) is 0 Å². The summed E-state index contributed by atoms with van der Waals surface area (Å²) in [6, 6.07) is 0.305. The monoisotopic (exact) mass is 447 g/mol. The van der Waals surface area contributed by atoms with E-state index in [1.54, 1.807) is 11.5 Å². The van der Waals surface area contributed by atoms with Crippen LogP contribution in [-0.4, -0.2) is 48.2 Å². The number of aryl methyl sites for hydroxylation is 1. The standard InChI is InChI=1S/C22H33N5O3S/c1-6-26(16-10-8-7-9-11-16)17(28)13-31-20-18-19(23-15(4)24-20)27(12-14(2)3)22(30)25(5)21(18)29/h14,16H,6-13H2,1-5H3. The van der Waals surface area contributed by atoms with E-state index in [2.05, 4.69) is 9.97 Å². The van der Waals surface area contributed by atoms with Crippen LogP contribution < -0.4 is 11.2 Å². The fourth-order valence-electron chi connectivity index (χ4n) is 4.32. The van der Waals surface area contributed by atoms with Gasteiger partial charge in [-0.25, -0.2) is 14.8 Å². The molecule has 1 saturated carbocycles. The van der Waals surface area contributed by atoms with Crippen LogP contribution in [0, 0.1) is 12.8 Å². The molecule has 0 N–H and O–H groups in total. The fraction of sp³-hybridized carbons (Fsp3) is 0.682. The van der Waals surface area contributed by atoms with Crippen LogP contribution in [0.25, 0.3) is 11.0 Å². The van der Waals surface area contributed by atoms with Gasteiger partial charge in [0.05, 0.1) is 5.75 Å². The minimum atomic E-state index is -0.422. The van der Waals surface area contributed by atoms with Crippen LogP contribution in [0.2, 0.25) is 0 Å². The first kappa shape index (κ1) is 23.5. The molecule has 0 radical (unpaired) electrons. The third-order valence-corrected chi connectivity index (χ3v) is 6.78. The van der Waals surface area contributed by atoms with Gasteiger partial charge in [0.1, 0.15) is 16.2 Å². The van der Waals surface area contributed by atoms with Crippen molar-refractivity contribution in [3.63, 3.8) is 0 Å². The van der Waals surface area contributed by atoms with E-state index in [-0.39, 0.29) is 23.3 Å². The molecular formula is C22H33N5O3S. The molecule has 0 saturated heterocycles. The summed E-state index contributed by atoms with van der Waals surface area (Å²) in [6.45, 7) is 8.92. The molecule has 8 nitrogen and oxygen atoms in total. The molecule has 1 aliphatic carbocycles. The zero-order valence-electron chi connectivity index (χ0n) is 19.2. The van der Waals surface area contributed by atoms with Gasteiger partial charge in [-0.05, 0) is 32.6 Å². The van der Waals surface area contributed by atoms with Gasteiger partial charge in [0.15, 0.2) is 5.65 Å². The minimum Gasteiger partial charge on any atom is -0.339 e. The van der Waals surface area contributed by atoms with Gasteiger partial charge in [-0.3, -0.25) is 18.7 Å². The summed E-state index contributed by atoms with van der Waals surface area (Å²) in [4.78, 5) is 49.6. The molecule has 170 valence electrons. The Hall–Kier alpha value is -2.16. The summed E-state index contributed by atoms with van der Waals surface area (Å²) in [5.74, 6) is 0.964. The van der Waals surface area contributed by atoms with Crippen molar-refractivity contribution in [3.8, 4) is 0 Å². The molecule has 0 bridgehead atoms. The number of aromatic nitrogens is 4. The van der Waals surface area contributed by atoms with Crippen molar-refractivity contribution in [2.24, 2.45) is 13.0 Å². The molecule has 1 fully saturated rings. The average Bonchev–Trinajstić information content (AvgIpc) is 2.74. The molecule has 31 heavy (non-hydrogen) atoms. The summed E-state index contributed by atoms with van der Waals surface area (Å²) >= 11 is 1.27. The number of hydrogen-bond donors (Lipinski definition) is 0. The summed E-state index contributed by atoms with van der Waals surface area (Å²) < 4.78 is 2.65. The van der Waals surface area contributed by atoms with Crippen LogP contribution in [0.5, 0.6) is 0 Å². The number of fused-ring (bicyclic) bond motifs is 1. The second-order valence-electron chi connectivity index (χ2n) is 8.69. The molecule has 2 heterocycles. The maximum atomic E-state index is 13.0. The quantitative estimate of drug-likeness (QED) is 0.479. The van der Waals surface area contributed by atoms with Crippen LogP contribution >= 0.6 is 11.8 Å². The smallest absolute Gasteiger partial charge is 0.332 e. The SMILES string of the molecule is CCN(C(=O)CSc1nc(C)nc2c1c(=O)n(C)c(=O)n2CC(C)C)C1CCCCC1. The molecule has 0 unspecified atom stereocenters. The van der Waals surface area contributed by atoms with Crippen molar-refractivity contribution in [1.29, 1.82) is 0 Å². The lowest BCUT2D eigenvalue weighted by molar-refractivity contribution is -0.131. The number of thioether (sulfide) groups is 1. The summed E-state index contributed by atoms with van der Waals surface area (Å²) in [5.41, 5.74) is -0.454. The van der Waals surface area contributed by atoms with E-state index < -0.39 is 5.56 Å². The average molecular weight is 448 g/mol. The Bertz CT molecular complexity index is 1070. The topological polar surface area (TPSA) is 90.1 Å². The maximum absolute atomic E-state index is 13.0. The van der Waals surface area contributed by atoms with E-state index in [0.29, 0.717) is 41.0 Å². The van der Waals surface area contributed by atoms with Gasteiger partial charge in [0.2, 0.25) is 5.91 Å². The van der Waals surface area contributed by atoms with Crippen LogP contribution in [-0.2, 0) is 18.4 Å². The Morgan fingerprint density at radius 2 is 1.87 bits per heavy atom. The summed E-state index contributed by atoms with van der Waals surface area (Å²) in [7, 11) is 1.47. The fourth-order valence-corrected chi connectivity index (χ4v) is 5.27. The van der Waals surface area contributed by atoms with Gasteiger partial charge >= 0.3 is 5.69 Å². The van der Waals surface area contributed by atoms with Crippen LogP contribution in [0.3, 0.4) is 0 Å². The van der Waals surface area contributed by atoms with Gasteiger partial charge in [0, 0.05) is 26.2 Å². The van der Waals surface area contributed by atoms with Crippen molar-refractivity contribution in [2.45, 2.75) is 77.4 Å². The largest absolute Gasteiger partial charge is 0.339 e. The predicted molar refractivity (Wildman–Crippen MR) is 124 cm³/mol. The molecule has 2 aromatic rings. The molecule has 0 aliphatic heterocycles. The highest BCUT2D eigenvalue weighted by atomic mass is 32.2. The van der Waals surface area contributed by atoms with E-state index in [1.807, 2.05) is 25.7 Å². The molecule has 1 aliphatic rings. The Morgan fingerprint density at radius 3 is 2.48 bits per heavy atom. The Kier molecular flexibility index (Phi) is 7.56. The number of carbonyl (C=O) groups excluding carboxylic acids is 1. The van der Waals surface area contributed by atoms with Gasteiger partial charge in [-0.15, -0.1) is 0 Å². The number of rotatable bonds is 7. The third kappa shape index (κ3) is 5.02. The van der Waals surface area contributed by atoms with Crippen molar-refractivity contribution >= 4 is 28.7 Å². The third-order valence-electron chi connectivity index (χ3n) is 5.82. The van der Waals surface area contributed by atoms with Gasteiger partial charge in [-0.1, -0.05) is 44.9 Å². The first-order chi connectivity index (χ1) is 14.7. The highest BCUT2D eigenvalue weighted by Gasteiger charge is 2.25. The van der Waals surface area contributed by atoms with Crippen molar-refractivity contribution in [3.05, 3.63) is 26.7 Å². The molecule has 9 heteroatoms. The van der Waals surface area contributed by atoms with E-state index in [9.17, 15) is 14.4 Å². The molecule has 0 spiro atoms. The van der Waals surface area contributed by atoms with Crippen molar-refractivity contribution < 1.29 is 4.79 Å². The minimum absolute atomic E-state index is 0.0659. The van der Waals surface area contributed by atoms with Crippen molar-refractivity contribution in [2.75, 3.05) is 12.3 Å². The molecule has 1 amide bonds. The van der Waals surface area contributed by atoms with Crippen LogP contribution in [0.15, 0.2) is 14.6 Å². The lowest BCUT2D eigenvalue weighted by Crippen LogP contribution is -2.42. The molecule has 2 aromatic heterocycles. The normalized spacial score (nSPS) is 15.0. The highest BCUT2D eigenvalue weighted by Crippen LogP contribution is 2.26. The first-order valence-corrected chi connectivity index (χ1v) is 12.1. The predicted octanol–water partition coefficient (Wildman–Crippen LogP) is 2.73. The van der Waals surface area contributed by atoms with E-state index >= 15 is 0 Å². The summed E-state index contributed by atoms with van der Waals surface area (Å²) in [6.07, 6.45) is 5.69. The first-order valence-electron chi connectivity index (χ1n) is 11.1. The van der Waals surface area contributed by atoms with Crippen LogP contribution in [0.1, 0.15) is 58.7 Å². The second kappa shape index (κ2) is 9.97. The number of amides is 1. The lowest BCUT2D eigenvalue weighted by Gasteiger charge is -2.33. The zero-order chi connectivity index (χ0) is 22.7. The van der Waals surface area contributed by atoms with Gasteiger partial charge in [0.25, 0.3) is 5.56 Å². The van der Waals surface area contributed by atoms with Crippen molar-refractivity contribution in [1.82, 2.24) is 24.0 Å². The highest BCUT2D eigenvalue weighted by molar-refractivity contribution is 8.00. The maximum Gasteiger partial charge on any atom is 0.332 e. The Morgan fingerprint density at radius 1 is 1.19 bits per heavy atom. The molecular weight excluding hydrogens is 414 g/mol. The van der Waals surface area contributed by atoms with E-state index in [1.165, 1.54) is 38.1 Å². The number of nitrogens with zero attached hydrogens (tertiary/aromatic N) is 5. The zero-order valence-corrected chi connectivity index (χ0v) is 20.0. The number of hydrogen-bond acceptors (Lipinski definition) is 6. The Balaban J connectivity index is 1.97. The van der Waals surface area contributed by atoms with Gasteiger partial charge < -0.3 is 4.90 Å². The van der Waals surface area contributed by atoms with E-state index in [4.69, 9.17) is 0 Å². The lowest BCUT2D eigenvalue weighted by atomic mass is 9.94. The molecule has 0 atom stereocenters. The Labute approximate surface area is 187 Å².